The summed E-state index contributed by atoms with van der Waals surface area (Å²) in [6.07, 6.45) is 1.19. The van der Waals surface area contributed by atoms with E-state index in [0.717, 1.165) is 16.1 Å². The van der Waals surface area contributed by atoms with Crippen molar-refractivity contribution in [1.82, 2.24) is 10.2 Å². The topological polar surface area (TPSA) is 86.8 Å². The van der Waals surface area contributed by atoms with E-state index in [1.807, 2.05) is 44.2 Å². The Morgan fingerprint density at radius 2 is 1.47 bits per heavy atom. The van der Waals surface area contributed by atoms with Crippen LogP contribution in [0.25, 0.3) is 0 Å². The van der Waals surface area contributed by atoms with Crippen molar-refractivity contribution in [2.45, 2.75) is 32.9 Å². The highest BCUT2D eigenvalue weighted by Gasteiger charge is 2.33. The van der Waals surface area contributed by atoms with E-state index in [1.165, 1.54) is 11.0 Å². The van der Waals surface area contributed by atoms with Crippen molar-refractivity contribution < 1.29 is 22.4 Å². The van der Waals surface area contributed by atoms with Crippen LogP contribution in [0.3, 0.4) is 0 Å². The van der Waals surface area contributed by atoms with E-state index in [-0.39, 0.29) is 24.4 Å². The summed E-state index contributed by atoms with van der Waals surface area (Å²) in [7, 11) is -3.84. The Kier molecular flexibility index (Phi) is 10.0. The molecule has 0 aliphatic carbocycles. The fourth-order valence-electron chi connectivity index (χ4n) is 3.99. The number of rotatable bonds is 12. The summed E-state index contributed by atoms with van der Waals surface area (Å²) in [4.78, 5) is 28.7. The Morgan fingerprint density at radius 3 is 2.05 bits per heavy atom. The number of sulfonamides is 1. The second-order valence-electron chi connectivity index (χ2n) is 9.56. The average molecular weight is 540 g/mol. The van der Waals surface area contributed by atoms with Crippen LogP contribution < -0.4 is 9.62 Å². The van der Waals surface area contributed by atoms with Gasteiger partial charge in [-0.25, -0.2) is 12.8 Å². The molecule has 0 radical (unpaired) electrons. The second-order valence-corrected chi connectivity index (χ2v) is 11.5. The van der Waals surface area contributed by atoms with Gasteiger partial charge in [-0.2, -0.15) is 0 Å². The zero-order valence-corrected chi connectivity index (χ0v) is 22.7. The van der Waals surface area contributed by atoms with Gasteiger partial charge in [-0.15, -0.1) is 0 Å². The number of nitrogens with one attached hydrogen (secondary N) is 1. The summed E-state index contributed by atoms with van der Waals surface area (Å²) in [6.45, 7) is 3.56. The summed E-state index contributed by atoms with van der Waals surface area (Å²) < 4.78 is 41.1. The Balaban J connectivity index is 2.04. The number of carbonyl (C=O) groups is 2. The fourth-order valence-corrected chi connectivity index (χ4v) is 4.84. The Hall–Kier alpha value is -3.72. The van der Waals surface area contributed by atoms with Crippen molar-refractivity contribution in [2.75, 3.05) is 23.7 Å². The molecule has 0 aromatic heterocycles. The highest BCUT2D eigenvalue weighted by atomic mass is 32.2. The lowest BCUT2D eigenvalue weighted by Crippen LogP contribution is -2.53. The van der Waals surface area contributed by atoms with Crippen molar-refractivity contribution in [1.29, 1.82) is 0 Å². The predicted molar refractivity (Wildman–Crippen MR) is 147 cm³/mol. The molecule has 0 saturated heterocycles. The second kappa shape index (κ2) is 13.2. The summed E-state index contributed by atoms with van der Waals surface area (Å²) in [6, 6.07) is 22.5. The van der Waals surface area contributed by atoms with Gasteiger partial charge in [-0.1, -0.05) is 80.6 Å². The van der Waals surface area contributed by atoms with E-state index in [4.69, 9.17) is 0 Å². The molecule has 1 N–H and O–H groups in total. The van der Waals surface area contributed by atoms with Crippen molar-refractivity contribution in [3.8, 4) is 0 Å². The molecule has 202 valence electrons. The molecule has 9 heteroatoms. The number of halogens is 1. The molecule has 0 spiro atoms. The number of carbonyl (C=O) groups excluding carboxylic acids is 2. The highest BCUT2D eigenvalue weighted by molar-refractivity contribution is 7.92. The van der Waals surface area contributed by atoms with Crippen molar-refractivity contribution in [3.63, 3.8) is 0 Å². The molecule has 0 aliphatic heterocycles. The molecule has 1 atom stereocenters. The van der Waals surface area contributed by atoms with Gasteiger partial charge in [0.15, 0.2) is 0 Å². The van der Waals surface area contributed by atoms with Crippen LogP contribution in [-0.2, 0) is 32.6 Å². The summed E-state index contributed by atoms with van der Waals surface area (Å²) in [5.41, 5.74) is 1.35. The molecular weight excluding hydrogens is 505 g/mol. The summed E-state index contributed by atoms with van der Waals surface area (Å²) in [5.74, 6) is -1.36. The van der Waals surface area contributed by atoms with Crippen LogP contribution in [0.4, 0.5) is 10.1 Å². The average Bonchev–Trinajstić information content (AvgIpc) is 2.89. The molecular formula is C29H34FN3O4S. The third-order valence-corrected chi connectivity index (χ3v) is 7.12. The first-order valence-electron chi connectivity index (χ1n) is 12.4. The van der Waals surface area contributed by atoms with E-state index in [2.05, 4.69) is 5.32 Å². The minimum atomic E-state index is -3.84. The van der Waals surface area contributed by atoms with Gasteiger partial charge in [0, 0.05) is 25.1 Å². The third-order valence-electron chi connectivity index (χ3n) is 5.98. The van der Waals surface area contributed by atoms with Crippen LogP contribution in [0.2, 0.25) is 0 Å². The molecule has 0 aliphatic rings. The highest BCUT2D eigenvalue weighted by Crippen LogP contribution is 2.21. The maximum Gasteiger partial charge on any atom is 0.244 e. The number of benzene rings is 3. The van der Waals surface area contributed by atoms with Crippen LogP contribution in [0.15, 0.2) is 84.9 Å². The zero-order valence-electron chi connectivity index (χ0n) is 21.9. The number of nitrogens with zero attached hydrogens (tertiary/aromatic N) is 2. The van der Waals surface area contributed by atoms with Crippen molar-refractivity contribution in [3.05, 3.63) is 102 Å². The van der Waals surface area contributed by atoms with Gasteiger partial charge in [-0.3, -0.25) is 13.9 Å². The molecule has 7 nitrogen and oxygen atoms in total. The van der Waals surface area contributed by atoms with Gasteiger partial charge in [0.25, 0.3) is 0 Å². The standard InChI is InChI=1S/C29H34FN3O4S/c1-22(2)19-31-29(35)27(18-23-12-6-4-7-13-23)32(20-24-14-10-11-17-26(24)30)28(34)21-33(38(3,36)37)25-15-8-5-9-16-25/h4-17,22,27H,18-21H2,1-3H3,(H,31,35)/t27-/m1/s1. The van der Waals surface area contributed by atoms with E-state index in [9.17, 15) is 22.4 Å². The van der Waals surface area contributed by atoms with Gasteiger partial charge in [0.05, 0.1) is 11.9 Å². The Labute approximate surface area is 224 Å². The molecule has 0 heterocycles. The SMILES string of the molecule is CC(C)CNC(=O)[C@@H](Cc1ccccc1)N(Cc1ccccc1F)C(=O)CN(c1ccccc1)S(C)(=O)=O. The molecule has 0 fully saturated rings. The number of anilines is 1. The minimum absolute atomic E-state index is 0.172. The summed E-state index contributed by atoms with van der Waals surface area (Å²) in [5, 5.41) is 2.90. The lowest BCUT2D eigenvalue weighted by molar-refractivity contribution is -0.140. The molecule has 0 unspecified atom stereocenters. The zero-order chi connectivity index (χ0) is 27.7. The van der Waals surface area contributed by atoms with Crippen molar-refractivity contribution in [2.24, 2.45) is 5.92 Å². The molecule has 3 rings (SSSR count). The molecule has 3 aromatic carbocycles. The molecule has 0 bridgehead atoms. The van der Waals surface area contributed by atoms with Crippen LogP contribution in [0.5, 0.6) is 0 Å². The van der Waals surface area contributed by atoms with E-state index < -0.39 is 40.2 Å². The summed E-state index contributed by atoms with van der Waals surface area (Å²) >= 11 is 0. The van der Waals surface area contributed by atoms with Gasteiger partial charge in [0.1, 0.15) is 18.4 Å². The largest absolute Gasteiger partial charge is 0.354 e. The van der Waals surface area contributed by atoms with E-state index >= 15 is 0 Å². The number of amides is 2. The Morgan fingerprint density at radius 1 is 0.895 bits per heavy atom. The Bertz CT molecular complexity index is 1320. The van der Waals surface area contributed by atoms with E-state index in [1.54, 1.807) is 48.5 Å². The maximum absolute atomic E-state index is 14.7. The molecule has 0 saturated carbocycles. The van der Waals surface area contributed by atoms with Crippen LogP contribution >= 0.6 is 0 Å². The molecule has 3 aromatic rings. The first-order valence-corrected chi connectivity index (χ1v) is 14.3. The predicted octanol–water partition coefficient (Wildman–Crippen LogP) is 4.00. The first-order chi connectivity index (χ1) is 18.1. The molecule has 2 amide bonds. The minimum Gasteiger partial charge on any atom is -0.354 e. The lowest BCUT2D eigenvalue weighted by Gasteiger charge is -2.33. The lowest BCUT2D eigenvalue weighted by atomic mass is 10.0. The smallest absolute Gasteiger partial charge is 0.244 e. The molecule has 38 heavy (non-hydrogen) atoms. The quantitative estimate of drug-likeness (QED) is 0.377. The number of hydrogen-bond donors (Lipinski definition) is 1. The first kappa shape index (κ1) is 28.8. The van der Waals surface area contributed by atoms with Gasteiger partial charge >= 0.3 is 0 Å². The maximum atomic E-state index is 14.7. The monoisotopic (exact) mass is 539 g/mol. The normalized spacial score (nSPS) is 12.1. The van der Waals surface area contributed by atoms with Crippen LogP contribution in [0.1, 0.15) is 25.0 Å². The number of hydrogen-bond acceptors (Lipinski definition) is 4. The van der Waals surface area contributed by atoms with Crippen LogP contribution in [0, 0.1) is 11.7 Å². The van der Waals surface area contributed by atoms with Crippen LogP contribution in [-0.4, -0.2) is 50.5 Å². The van der Waals surface area contributed by atoms with E-state index in [0.29, 0.717) is 12.2 Å². The third kappa shape index (κ3) is 8.14. The van der Waals surface area contributed by atoms with Gasteiger partial charge in [-0.05, 0) is 29.7 Å². The van der Waals surface area contributed by atoms with Gasteiger partial charge in [0.2, 0.25) is 21.8 Å². The number of para-hydroxylation sites is 1. The fraction of sp³-hybridized carbons (Fsp3) is 0.310. The van der Waals surface area contributed by atoms with Gasteiger partial charge < -0.3 is 10.2 Å². The van der Waals surface area contributed by atoms with Crippen molar-refractivity contribution >= 4 is 27.5 Å².